The first-order valence-corrected chi connectivity index (χ1v) is 11.1. The van der Waals surface area contributed by atoms with Crippen molar-refractivity contribution in [3.8, 4) is 0 Å². The van der Waals surface area contributed by atoms with E-state index < -0.39 is 6.04 Å². The molecule has 156 valence electrons. The Balaban J connectivity index is 2.05. The maximum absolute atomic E-state index is 13.0. The number of nitrogens with zero attached hydrogens (tertiary/aromatic N) is 1. The van der Waals surface area contributed by atoms with E-state index in [9.17, 15) is 9.59 Å². The fourth-order valence-corrected chi connectivity index (χ4v) is 3.73. The standard InChI is InChI=1S/C23H29ClN2O2S/c1-17(22(28)25-23(2,3)4)26(16-18-8-6-5-7-9-18)21(27)14-15-29-20-12-10-19(24)11-13-20/h5-13,17H,14-16H2,1-4H3,(H,25,28)/t17-/m0/s1. The van der Waals surface area contributed by atoms with Crippen LogP contribution in [0.1, 0.15) is 39.7 Å². The smallest absolute Gasteiger partial charge is 0.242 e. The zero-order valence-electron chi connectivity index (χ0n) is 17.4. The van der Waals surface area contributed by atoms with Crippen LogP contribution < -0.4 is 5.32 Å². The van der Waals surface area contributed by atoms with Gasteiger partial charge in [0.2, 0.25) is 11.8 Å². The highest BCUT2D eigenvalue weighted by Gasteiger charge is 2.28. The number of rotatable bonds is 8. The van der Waals surface area contributed by atoms with Gasteiger partial charge in [0.25, 0.3) is 0 Å². The molecule has 1 N–H and O–H groups in total. The molecule has 0 aliphatic heterocycles. The molecule has 4 nitrogen and oxygen atoms in total. The van der Waals surface area contributed by atoms with Crippen LogP contribution in [0.3, 0.4) is 0 Å². The van der Waals surface area contributed by atoms with Crippen LogP contribution in [0.5, 0.6) is 0 Å². The molecule has 0 aliphatic carbocycles. The maximum Gasteiger partial charge on any atom is 0.242 e. The third kappa shape index (κ3) is 8.11. The fraction of sp³-hybridized carbons (Fsp3) is 0.391. The van der Waals surface area contributed by atoms with Gasteiger partial charge in [-0.2, -0.15) is 0 Å². The highest BCUT2D eigenvalue weighted by molar-refractivity contribution is 7.99. The van der Waals surface area contributed by atoms with Gasteiger partial charge in [-0.1, -0.05) is 41.9 Å². The van der Waals surface area contributed by atoms with Crippen molar-refractivity contribution in [3.63, 3.8) is 0 Å². The summed E-state index contributed by atoms with van der Waals surface area (Å²) in [6.07, 6.45) is 0.354. The zero-order valence-corrected chi connectivity index (χ0v) is 19.0. The number of thioether (sulfide) groups is 1. The van der Waals surface area contributed by atoms with E-state index in [0.29, 0.717) is 23.7 Å². The summed E-state index contributed by atoms with van der Waals surface area (Å²) in [5, 5.41) is 3.67. The Hall–Kier alpha value is -1.98. The SMILES string of the molecule is C[C@@H](C(=O)NC(C)(C)C)N(Cc1ccccc1)C(=O)CCSc1ccc(Cl)cc1. The summed E-state index contributed by atoms with van der Waals surface area (Å²) >= 11 is 7.52. The van der Waals surface area contributed by atoms with Crippen LogP contribution in [0.2, 0.25) is 5.02 Å². The van der Waals surface area contributed by atoms with Gasteiger partial charge in [-0.15, -0.1) is 11.8 Å². The number of halogens is 1. The minimum Gasteiger partial charge on any atom is -0.350 e. The van der Waals surface area contributed by atoms with E-state index in [1.807, 2.05) is 75.4 Å². The van der Waals surface area contributed by atoms with Crippen molar-refractivity contribution in [3.05, 3.63) is 65.2 Å². The number of benzene rings is 2. The van der Waals surface area contributed by atoms with E-state index in [1.165, 1.54) is 0 Å². The average molecular weight is 433 g/mol. The van der Waals surface area contributed by atoms with E-state index in [4.69, 9.17) is 11.6 Å². The number of carbonyl (C=O) groups is 2. The Bertz CT molecular complexity index is 804. The van der Waals surface area contributed by atoms with Crippen LogP contribution in [0.4, 0.5) is 0 Å². The lowest BCUT2D eigenvalue weighted by Crippen LogP contribution is -2.52. The first-order chi connectivity index (χ1) is 13.7. The van der Waals surface area contributed by atoms with Crippen molar-refractivity contribution in [2.45, 2.75) is 57.1 Å². The van der Waals surface area contributed by atoms with Crippen LogP contribution in [0.25, 0.3) is 0 Å². The molecule has 0 aliphatic rings. The predicted molar refractivity (Wildman–Crippen MR) is 121 cm³/mol. The lowest BCUT2D eigenvalue weighted by Gasteiger charge is -2.31. The van der Waals surface area contributed by atoms with Crippen LogP contribution >= 0.6 is 23.4 Å². The molecule has 2 aromatic carbocycles. The fourth-order valence-electron chi connectivity index (χ4n) is 2.77. The molecule has 6 heteroatoms. The number of hydrogen-bond donors (Lipinski definition) is 1. The first kappa shape index (κ1) is 23.3. The molecule has 0 saturated carbocycles. The van der Waals surface area contributed by atoms with Gasteiger partial charge in [0.15, 0.2) is 0 Å². The molecule has 0 unspecified atom stereocenters. The third-order valence-electron chi connectivity index (χ3n) is 4.26. The van der Waals surface area contributed by atoms with E-state index in [2.05, 4.69) is 5.32 Å². The zero-order chi connectivity index (χ0) is 21.4. The topological polar surface area (TPSA) is 49.4 Å². The van der Waals surface area contributed by atoms with E-state index >= 15 is 0 Å². The summed E-state index contributed by atoms with van der Waals surface area (Å²) in [5.74, 6) is 0.457. The molecule has 0 radical (unpaired) electrons. The lowest BCUT2D eigenvalue weighted by molar-refractivity contribution is -0.140. The van der Waals surface area contributed by atoms with Crippen molar-refractivity contribution in [1.29, 1.82) is 0 Å². The van der Waals surface area contributed by atoms with Gasteiger partial charge in [-0.3, -0.25) is 9.59 Å². The highest BCUT2D eigenvalue weighted by Crippen LogP contribution is 2.22. The van der Waals surface area contributed by atoms with Gasteiger partial charge in [0.1, 0.15) is 6.04 Å². The maximum atomic E-state index is 13.0. The first-order valence-electron chi connectivity index (χ1n) is 9.69. The van der Waals surface area contributed by atoms with E-state index in [-0.39, 0.29) is 17.4 Å². The summed E-state index contributed by atoms with van der Waals surface area (Å²) in [7, 11) is 0. The average Bonchev–Trinajstić information content (AvgIpc) is 2.66. The van der Waals surface area contributed by atoms with E-state index in [0.717, 1.165) is 10.5 Å². The van der Waals surface area contributed by atoms with Crippen molar-refractivity contribution in [2.75, 3.05) is 5.75 Å². The summed E-state index contributed by atoms with van der Waals surface area (Å²) < 4.78 is 0. The highest BCUT2D eigenvalue weighted by atomic mass is 35.5. The van der Waals surface area contributed by atoms with Crippen LogP contribution in [0.15, 0.2) is 59.5 Å². The minimum absolute atomic E-state index is 0.0353. The molecule has 0 saturated heterocycles. The Kier molecular flexibility index (Phi) is 8.60. The largest absolute Gasteiger partial charge is 0.350 e. The molecule has 2 amide bonds. The normalized spacial score (nSPS) is 12.3. The lowest BCUT2D eigenvalue weighted by atomic mass is 10.1. The Morgan fingerprint density at radius 3 is 2.28 bits per heavy atom. The van der Waals surface area contributed by atoms with Crippen LogP contribution in [0, 0.1) is 0 Å². The second-order valence-electron chi connectivity index (χ2n) is 7.97. The molecule has 0 bridgehead atoms. The molecule has 2 aromatic rings. The quantitative estimate of drug-likeness (QED) is 0.586. The molecule has 1 atom stereocenters. The number of nitrogens with one attached hydrogen (secondary N) is 1. The van der Waals surface area contributed by atoms with Gasteiger partial charge in [-0.25, -0.2) is 0 Å². The second-order valence-corrected chi connectivity index (χ2v) is 9.58. The van der Waals surface area contributed by atoms with Crippen molar-refractivity contribution in [2.24, 2.45) is 0 Å². The minimum atomic E-state index is -0.553. The molecule has 2 rings (SSSR count). The van der Waals surface area contributed by atoms with Gasteiger partial charge in [0, 0.05) is 34.2 Å². The van der Waals surface area contributed by atoms with Crippen LogP contribution in [-0.4, -0.2) is 34.0 Å². The predicted octanol–water partition coefficient (Wildman–Crippen LogP) is 5.15. The summed E-state index contributed by atoms with van der Waals surface area (Å²) in [5.41, 5.74) is 0.652. The monoisotopic (exact) mass is 432 g/mol. The number of hydrogen-bond acceptors (Lipinski definition) is 3. The molecule has 0 aromatic heterocycles. The van der Waals surface area contributed by atoms with Gasteiger partial charge < -0.3 is 10.2 Å². The van der Waals surface area contributed by atoms with E-state index in [1.54, 1.807) is 23.6 Å². The van der Waals surface area contributed by atoms with Gasteiger partial charge in [-0.05, 0) is 57.5 Å². The molecule has 0 heterocycles. The second kappa shape index (κ2) is 10.7. The number of amides is 2. The molecule has 0 spiro atoms. The van der Waals surface area contributed by atoms with Gasteiger partial charge in [0.05, 0.1) is 0 Å². The molecular formula is C23H29ClN2O2S. The number of carbonyl (C=O) groups excluding carboxylic acids is 2. The van der Waals surface area contributed by atoms with Crippen LogP contribution in [-0.2, 0) is 16.1 Å². The van der Waals surface area contributed by atoms with Crippen molar-refractivity contribution in [1.82, 2.24) is 10.2 Å². The molecule has 0 fully saturated rings. The van der Waals surface area contributed by atoms with Crippen molar-refractivity contribution >= 4 is 35.2 Å². The molecular weight excluding hydrogens is 404 g/mol. The van der Waals surface area contributed by atoms with Crippen molar-refractivity contribution < 1.29 is 9.59 Å². The summed E-state index contributed by atoms with van der Waals surface area (Å²) in [6, 6.07) is 16.8. The Morgan fingerprint density at radius 1 is 1.07 bits per heavy atom. The molecule has 29 heavy (non-hydrogen) atoms. The summed E-state index contributed by atoms with van der Waals surface area (Å²) in [4.78, 5) is 28.4. The Labute approximate surface area is 183 Å². The summed E-state index contributed by atoms with van der Waals surface area (Å²) in [6.45, 7) is 8.00. The Morgan fingerprint density at radius 2 is 1.69 bits per heavy atom. The third-order valence-corrected chi connectivity index (χ3v) is 5.53. The van der Waals surface area contributed by atoms with Gasteiger partial charge >= 0.3 is 0 Å².